The van der Waals surface area contributed by atoms with E-state index in [0.29, 0.717) is 42.5 Å². The van der Waals surface area contributed by atoms with Gasteiger partial charge in [-0.1, -0.05) is 6.07 Å². The summed E-state index contributed by atoms with van der Waals surface area (Å²) in [5, 5.41) is 6.83. The summed E-state index contributed by atoms with van der Waals surface area (Å²) >= 11 is 1.01. The van der Waals surface area contributed by atoms with Gasteiger partial charge >= 0.3 is 13.3 Å². The third-order valence-electron chi connectivity index (χ3n) is 8.14. The van der Waals surface area contributed by atoms with Gasteiger partial charge in [0.25, 0.3) is 5.91 Å². The molecule has 43 heavy (non-hydrogen) atoms. The molecule has 5 N–H and O–H groups in total. The van der Waals surface area contributed by atoms with Crippen LogP contribution in [0.25, 0.3) is 21.1 Å². The molecule has 226 valence electrons. The van der Waals surface area contributed by atoms with Gasteiger partial charge in [0.05, 0.1) is 4.88 Å². The van der Waals surface area contributed by atoms with Gasteiger partial charge in [0.2, 0.25) is 11.8 Å². The van der Waals surface area contributed by atoms with Gasteiger partial charge < -0.3 is 30.3 Å². The topological polar surface area (TPSA) is 165 Å². The number of pyridine rings is 1. The Bertz CT molecular complexity index is 1790. The minimum absolute atomic E-state index is 0.110. The highest BCUT2D eigenvalue weighted by molar-refractivity contribution is 7.52. The summed E-state index contributed by atoms with van der Waals surface area (Å²) in [4.78, 5) is 67.4. The Balaban J connectivity index is 1.15. The van der Waals surface area contributed by atoms with Crippen LogP contribution in [0.3, 0.4) is 0 Å². The number of carbonyl (C=O) groups is 3. The lowest BCUT2D eigenvalue weighted by molar-refractivity contribution is -0.141. The molecule has 0 aliphatic carbocycles. The molecular formula is C28H28F2N5O6PS. The highest BCUT2D eigenvalue weighted by Gasteiger charge is 2.50. The van der Waals surface area contributed by atoms with Crippen LogP contribution < -0.4 is 10.6 Å². The Morgan fingerprint density at radius 2 is 1.98 bits per heavy atom. The van der Waals surface area contributed by atoms with E-state index in [9.17, 15) is 27.7 Å². The van der Waals surface area contributed by atoms with Gasteiger partial charge in [0.1, 0.15) is 17.7 Å². The van der Waals surface area contributed by atoms with Crippen molar-refractivity contribution in [1.82, 2.24) is 25.5 Å². The molecule has 0 saturated carbocycles. The molecule has 1 aromatic carbocycles. The average molecular weight is 632 g/mol. The summed E-state index contributed by atoms with van der Waals surface area (Å²) in [5.41, 5.74) is -3.64. The molecule has 15 heteroatoms. The van der Waals surface area contributed by atoms with Crippen LogP contribution >= 0.6 is 18.9 Å². The van der Waals surface area contributed by atoms with E-state index in [1.807, 2.05) is 12.1 Å². The number of alkyl halides is 2. The van der Waals surface area contributed by atoms with E-state index in [1.54, 1.807) is 17.3 Å². The number of halogens is 2. The average Bonchev–Trinajstić information content (AvgIpc) is 3.68. The summed E-state index contributed by atoms with van der Waals surface area (Å²) in [6.07, 6.45) is 6.41. The number of amides is 3. The van der Waals surface area contributed by atoms with Crippen LogP contribution in [0, 0.1) is 0 Å². The maximum atomic E-state index is 14.2. The molecule has 2 saturated heterocycles. The Hall–Kier alpha value is -3.71. The Labute approximate surface area is 247 Å². The largest absolute Gasteiger partial charge is 0.399 e. The van der Waals surface area contributed by atoms with Crippen molar-refractivity contribution in [3.8, 4) is 0 Å². The van der Waals surface area contributed by atoms with E-state index in [0.717, 1.165) is 34.4 Å². The Morgan fingerprint density at radius 3 is 2.77 bits per heavy atom. The van der Waals surface area contributed by atoms with Crippen LogP contribution in [0.2, 0.25) is 0 Å². The molecule has 5 heterocycles. The molecule has 4 aromatic rings. The standard InChI is InChI=1S/C28H28F2N5O6PS/c29-28(30,42(39,40)41)17-6-9-22-15(11-17)12-23(43-22)26(37)34-20-5-1-3-18-7-8-21(35(18)27(20)38)25(36)33-14-16-13-32-24-19(16)4-2-10-31-24/h2,4,6,9-13,18,20-21H,1,3,5,7-8,14H2,(H,31,32)(H,33,36)(H,34,37)(H2,39,40,41)/t18-,20-,21-/m0/s1. The molecule has 2 aliphatic heterocycles. The molecule has 3 amide bonds. The number of nitrogens with zero attached hydrogens (tertiary/aromatic N) is 2. The summed E-state index contributed by atoms with van der Waals surface area (Å²) in [6, 6.07) is 6.57. The maximum Gasteiger partial charge on any atom is 0.399 e. The Morgan fingerprint density at radius 1 is 1.16 bits per heavy atom. The van der Waals surface area contributed by atoms with Gasteiger partial charge in [-0.3, -0.25) is 18.9 Å². The van der Waals surface area contributed by atoms with Crippen LogP contribution in [0.4, 0.5) is 8.78 Å². The normalized spacial score (nSPS) is 21.2. The van der Waals surface area contributed by atoms with Crippen molar-refractivity contribution in [2.75, 3.05) is 0 Å². The second-order valence-corrected chi connectivity index (χ2v) is 13.6. The molecule has 2 fully saturated rings. The quantitative estimate of drug-likeness (QED) is 0.193. The number of hydrogen-bond acceptors (Lipinski definition) is 6. The first kappa shape index (κ1) is 29.4. The molecule has 0 bridgehead atoms. The summed E-state index contributed by atoms with van der Waals surface area (Å²) in [5.74, 6) is -1.18. The van der Waals surface area contributed by atoms with Crippen molar-refractivity contribution in [3.63, 3.8) is 0 Å². The minimum atomic E-state index is -5.75. The first-order valence-electron chi connectivity index (χ1n) is 13.7. The molecule has 11 nitrogen and oxygen atoms in total. The molecule has 2 aliphatic rings. The maximum absolute atomic E-state index is 14.2. The lowest BCUT2D eigenvalue weighted by Gasteiger charge is -2.30. The minimum Gasteiger partial charge on any atom is -0.350 e. The SMILES string of the molecule is O=C(N[C@H]1CCC[C@H]2CC[C@@H](C(=O)NCc3c[nH]c4ncccc34)N2C1=O)c1cc2cc(C(F)(F)P(=O)(O)O)ccc2s1. The molecular weight excluding hydrogens is 603 g/mol. The monoisotopic (exact) mass is 631 g/mol. The van der Waals surface area contributed by atoms with Crippen molar-refractivity contribution >= 4 is 57.8 Å². The number of thiophene rings is 1. The molecule has 3 aromatic heterocycles. The zero-order chi connectivity index (χ0) is 30.5. The van der Waals surface area contributed by atoms with E-state index in [-0.39, 0.29) is 34.7 Å². The van der Waals surface area contributed by atoms with E-state index in [2.05, 4.69) is 20.6 Å². The third kappa shape index (κ3) is 5.44. The van der Waals surface area contributed by atoms with Crippen molar-refractivity contribution in [1.29, 1.82) is 0 Å². The van der Waals surface area contributed by atoms with Crippen molar-refractivity contribution in [2.24, 2.45) is 0 Å². The number of hydrogen-bond donors (Lipinski definition) is 5. The van der Waals surface area contributed by atoms with Gasteiger partial charge in [-0.15, -0.1) is 11.3 Å². The molecule has 0 radical (unpaired) electrons. The number of carbonyl (C=O) groups excluding carboxylic acids is 3. The zero-order valence-electron chi connectivity index (χ0n) is 22.6. The molecule has 6 rings (SSSR count). The van der Waals surface area contributed by atoms with Crippen molar-refractivity contribution < 1.29 is 37.5 Å². The lowest BCUT2D eigenvalue weighted by atomic mass is 10.1. The van der Waals surface area contributed by atoms with Gasteiger partial charge in [-0.25, -0.2) is 4.98 Å². The predicted octanol–water partition coefficient (Wildman–Crippen LogP) is 3.96. The van der Waals surface area contributed by atoms with Crippen LogP contribution in [0.5, 0.6) is 0 Å². The van der Waals surface area contributed by atoms with E-state index >= 15 is 0 Å². The molecule has 0 unspecified atom stereocenters. The fraction of sp³-hybridized carbons (Fsp3) is 0.357. The highest BCUT2D eigenvalue weighted by Crippen LogP contribution is 2.59. The van der Waals surface area contributed by atoms with Crippen LogP contribution in [-0.4, -0.2) is 60.5 Å². The van der Waals surface area contributed by atoms with Crippen molar-refractivity contribution in [2.45, 2.75) is 62.4 Å². The summed E-state index contributed by atoms with van der Waals surface area (Å²) in [7, 11) is -5.75. The van der Waals surface area contributed by atoms with E-state index in [1.165, 1.54) is 12.1 Å². The lowest BCUT2D eigenvalue weighted by Crippen LogP contribution is -2.54. The fourth-order valence-corrected chi connectivity index (χ4v) is 7.37. The van der Waals surface area contributed by atoms with Gasteiger partial charge in [-0.2, -0.15) is 8.78 Å². The molecule has 0 spiro atoms. The van der Waals surface area contributed by atoms with E-state index in [4.69, 9.17) is 9.79 Å². The number of aromatic nitrogens is 2. The molecule has 3 atom stereocenters. The number of fused-ring (bicyclic) bond motifs is 3. The van der Waals surface area contributed by atoms with E-state index < -0.39 is 36.8 Å². The van der Waals surface area contributed by atoms with Crippen molar-refractivity contribution in [3.05, 3.63) is 64.8 Å². The van der Waals surface area contributed by atoms with Crippen LogP contribution in [0.15, 0.2) is 48.8 Å². The predicted molar refractivity (Wildman–Crippen MR) is 154 cm³/mol. The summed E-state index contributed by atoms with van der Waals surface area (Å²) in [6.45, 7) is 0.266. The Kier molecular flexibility index (Phi) is 7.57. The first-order chi connectivity index (χ1) is 20.4. The van der Waals surface area contributed by atoms with Crippen LogP contribution in [-0.2, 0) is 26.4 Å². The summed E-state index contributed by atoms with van der Waals surface area (Å²) < 4.78 is 40.2. The fourth-order valence-electron chi connectivity index (χ4n) is 5.95. The smallest absolute Gasteiger partial charge is 0.350 e. The second kappa shape index (κ2) is 11.1. The first-order valence-corrected chi connectivity index (χ1v) is 16.2. The zero-order valence-corrected chi connectivity index (χ0v) is 24.3. The highest BCUT2D eigenvalue weighted by atomic mass is 32.1. The van der Waals surface area contributed by atoms with Gasteiger partial charge in [0, 0.05) is 40.6 Å². The number of nitrogens with one attached hydrogen (secondary N) is 3. The second-order valence-electron chi connectivity index (χ2n) is 10.8. The third-order valence-corrected chi connectivity index (χ3v) is 10.2. The number of aromatic amines is 1. The number of benzene rings is 1. The van der Waals surface area contributed by atoms with Gasteiger partial charge in [0.15, 0.2) is 0 Å². The van der Waals surface area contributed by atoms with Crippen LogP contribution in [0.1, 0.15) is 52.9 Å². The number of rotatable bonds is 7. The van der Waals surface area contributed by atoms with Gasteiger partial charge in [-0.05, 0) is 73.4 Å². The number of H-pyrrole nitrogens is 1.